The lowest BCUT2D eigenvalue weighted by molar-refractivity contribution is -0.176. The summed E-state index contributed by atoms with van der Waals surface area (Å²) in [4.78, 5) is 18.0. The second-order valence-electron chi connectivity index (χ2n) is 8.21. The Balaban J connectivity index is 1.88. The quantitative estimate of drug-likeness (QED) is 0.592. The van der Waals surface area contributed by atoms with E-state index in [-0.39, 0.29) is 16.9 Å². The van der Waals surface area contributed by atoms with E-state index in [0.717, 1.165) is 36.5 Å². The van der Waals surface area contributed by atoms with Gasteiger partial charge in [0.25, 0.3) is 5.91 Å². The molecule has 0 aliphatic heterocycles. The summed E-state index contributed by atoms with van der Waals surface area (Å²) in [5.74, 6) is 0.822. The van der Waals surface area contributed by atoms with Gasteiger partial charge in [-0.3, -0.25) is 9.79 Å². The van der Waals surface area contributed by atoms with Crippen molar-refractivity contribution in [3.05, 3.63) is 35.4 Å². The van der Waals surface area contributed by atoms with E-state index in [2.05, 4.69) is 36.4 Å². The molecule has 1 fully saturated rings. The highest BCUT2D eigenvalue weighted by molar-refractivity contribution is 5.94. The Hall–Kier alpha value is -2.08. The molecule has 1 aliphatic rings. The van der Waals surface area contributed by atoms with Crippen molar-refractivity contribution in [2.75, 3.05) is 34.8 Å². The van der Waals surface area contributed by atoms with Crippen molar-refractivity contribution in [2.45, 2.75) is 45.3 Å². The molecular weight excluding hydrogens is 340 g/mol. The first-order valence-electron chi connectivity index (χ1n) is 9.47. The number of rotatable bonds is 6. The third-order valence-electron chi connectivity index (χ3n) is 6.10. The Kier molecular flexibility index (Phi) is 6.52. The Bertz CT molecular complexity index is 699. The normalized spacial score (nSPS) is 24.1. The summed E-state index contributed by atoms with van der Waals surface area (Å²) in [6.45, 7) is 7.34. The number of guanidine groups is 1. The molecule has 0 bridgehead atoms. The van der Waals surface area contributed by atoms with Crippen LogP contribution in [0.25, 0.3) is 0 Å². The standard InChI is InChI=1S/C21H34N4O2/c1-20(2)17(14-21(20,3)27-7)24-19(22-4)23-12-11-15-9-8-10-16(13-15)18(26)25(5)6/h8-10,13,17H,11-12,14H2,1-7H3,(H2,22,23,24). The number of hydrogen-bond acceptors (Lipinski definition) is 3. The highest BCUT2D eigenvalue weighted by Crippen LogP contribution is 2.51. The smallest absolute Gasteiger partial charge is 0.253 e. The lowest BCUT2D eigenvalue weighted by atomic mass is 9.56. The Morgan fingerprint density at radius 1 is 1.33 bits per heavy atom. The highest BCUT2D eigenvalue weighted by Gasteiger charge is 2.58. The van der Waals surface area contributed by atoms with Gasteiger partial charge in [-0.25, -0.2) is 0 Å². The fourth-order valence-corrected chi connectivity index (χ4v) is 3.53. The summed E-state index contributed by atoms with van der Waals surface area (Å²) in [5.41, 5.74) is 1.76. The molecule has 2 rings (SSSR count). The van der Waals surface area contributed by atoms with E-state index in [0.29, 0.717) is 6.04 Å². The summed E-state index contributed by atoms with van der Waals surface area (Å²) in [5, 5.41) is 6.89. The van der Waals surface area contributed by atoms with Gasteiger partial charge in [-0.15, -0.1) is 0 Å². The van der Waals surface area contributed by atoms with E-state index in [4.69, 9.17) is 4.74 Å². The van der Waals surface area contributed by atoms with E-state index < -0.39 is 0 Å². The number of carbonyl (C=O) groups is 1. The van der Waals surface area contributed by atoms with Crippen LogP contribution in [0, 0.1) is 5.41 Å². The summed E-state index contributed by atoms with van der Waals surface area (Å²) < 4.78 is 5.69. The molecule has 2 N–H and O–H groups in total. The molecule has 2 atom stereocenters. The Morgan fingerprint density at radius 2 is 2.04 bits per heavy atom. The molecule has 2 unspecified atom stereocenters. The predicted molar refractivity (Wildman–Crippen MR) is 110 cm³/mol. The maximum Gasteiger partial charge on any atom is 0.253 e. The fourth-order valence-electron chi connectivity index (χ4n) is 3.53. The molecular formula is C21H34N4O2. The number of aliphatic imine (C=N–C) groups is 1. The maximum atomic E-state index is 12.1. The number of nitrogens with one attached hydrogen (secondary N) is 2. The van der Waals surface area contributed by atoms with Crippen LogP contribution in [0.1, 0.15) is 43.1 Å². The number of benzene rings is 1. The molecule has 27 heavy (non-hydrogen) atoms. The van der Waals surface area contributed by atoms with Crippen molar-refractivity contribution in [3.8, 4) is 0 Å². The molecule has 1 saturated carbocycles. The Labute approximate surface area is 163 Å². The van der Waals surface area contributed by atoms with Crippen LogP contribution >= 0.6 is 0 Å². The zero-order valence-electron chi connectivity index (χ0n) is 17.7. The van der Waals surface area contributed by atoms with E-state index in [9.17, 15) is 4.79 Å². The van der Waals surface area contributed by atoms with Crippen LogP contribution in [0.4, 0.5) is 0 Å². The molecule has 0 radical (unpaired) electrons. The number of nitrogens with zero attached hydrogens (tertiary/aromatic N) is 2. The monoisotopic (exact) mass is 374 g/mol. The SMILES string of the molecule is CN=C(NCCc1cccc(C(=O)N(C)C)c1)NC1CC(C)(OC)C1(C)C. The topological polar surface area (TPSA) is 66.0 Å². The molecule has 150 valence electrons. The van der Waals surface area contributed by atoms with Crippen molar-refractivity contribution < 1.29 is 9.53 Å². The van der Waals surface area contributed by atoms with Gasteiger partial charge in [0.2, 0.25) is 0 Å². The van der Waals surface area contributed by atoms with Crippen LogP contribution in [0.5, 0.6) is 0 Å². The van der Waals surface area contributed by atoms with Crippen molar-refractivity contribution in [1.29, 1.82) is 0 Å². The van der Waals surface area contributed by atoms with E-state index >= 15 is 0 Å². The number of ether oxygens (including phenoxy) is 1. The van der Waals surface area contributed by atoms with Gasteiger partial charge in [0.1, 0.15) is 0 Å². The molecule has 6 nitrogen and oxygen atoms in total. The van der Waals surface area contributed by atoms with Crippen LogP contribution in [-0.4, -0.2) is 63.2 Å². The van der Waals surface area contributed by atoms with Gasteiger partial charge in [0, 0.05) is 51.8 Å². The predicted octanol–water partition coefficient (Wildman–Crippen LogP) is 2.30. The zero-order chi connectivity index (χ0) is 20.2. The molecule has 1 aromatic rings. The summed E-state index contributed by atoms with van der Waals surface area (Å²) in [6, 6.07) is 8.10. The van der Waals surface area contributed by atoms with E-state index in [1.807, 2.05) is 24.3 Å². The van der Waals surface area contributed by atoms with Crippen LogP contribution in [0.2, 0.25) is 0 Å². The van der Waals surface area contributed by atoms with Gasteiger partial charge >= 0.3 is 0 Å². The molecule has 0 aromatic heterocycles. The average molecular weight is 375 g/mol. The van der Waals surface area contributed by atoms with Crippen LogP contribution in [-0.2, 0) is 11.2 Å². The van der Waals surface area contributed by atoms with E-state index in [1.165, 1.54) is 0 Å². The van der Waals surface area contributed by atoms with Gasteiger partial charge in [-0.05, 0) is 37.5 Å². The Morgan fingerprint density at radius 3 is 2.59 bits per heavy atom. The molecule has 1 aliphatic carbocycles. The van der Waals surface area contributed by atoms with Crippen molar-refractivity contribution >= 4 is 11.9 Å². The first-order chi connectivity index (χ1) is 12.6. The second kappa shape index (κ2) is 8.30. The van der Waals surface area contributed by atoms with Gasteiger partial charge in [0.05, 0.1) is 5.60 Å². The van der Waals surface area contributed by atoms with Crippen LogP contribution < -0.4 is 10.6 Å². The minimum Gasteiger partial charge on any atom is -0.378 e. The molecule has 0 saturated heterocycles. The summed E-state index contributed by atoms with van der Waals surface area (Å²) in [6.07, 6.45) is 1.77. The first kappa shape index (κ1) is 21.2. The number of carbonyl (C=O) groups excluding carboxylic acids is 1. The van der Waals surface area contributed by atoms with Crippen molar-refractivity contribution in [1.82, 2.24) is 15.5 Å². The molecule has 1 aromatic carbocycles. The fraction of sp³-hybridized carbons (Fsp3) is 0.619. The van der Waals surface area contributed by atoms with Gasteiger partial charge in [-0.2, -0.15) is 0 Å². The van der Waals surface area contributed by atoms with Crippen molar-refractivity contribution in [3.63, 3.8) is 0 Å². The number of hydrogen-bond donors (Lipinski definition) is 2. The van der Waals surface area contributed by atoms with Crippen molar-refractivity contribution in [2.24, 2.45) is 10.4 Å². The molecule has 6 heteroatoms. The highest BCUT2D eigenvalue weighted by atomic mass is 16.5. The van der Waals surface area contributed by atoms with Crippen LogP contribution in [0.15, 0.2) is 29.3 Å². The van der Waals surface area contributed by atoms with Gasteiger partial charge in [-0.1, -0.05) is 26.0 Å². The second-order valence-corrected chi connectivity index (χ2v) is 8.21. The van der Waals surface area contributed by atoms with Gasteiger partial charge in [0.15, 0.2) is 5.96 Å². The maximum absolute atomic E-state index is 12.1. The molecule has 0 spiro atoms. The minimum atomic E-state index is -0.108. The third kappa shape index (κ3) is 4.43. The lowest BCUT2D eigenvalue weighted by Crippen LogP contribution is -2.69. The lowest BCUT2D eigenvalue weighted by Gasteiger charge is -2.59. The summed E-state index contributed by atoms with van der Waals surface area (Å²) >= 11 is 0. The minimum absolute atomic E-state index is 0.0238. The zero-order valence-corrected chi connectivity index (χ0v) is 17.7. The summed E-state index contributed by atoms with van der Waals surface area (Å²) in [7, 11) is 7.10. The van der Waals surface area contributed by atoms with E-state index in [1.54, 1.807) is 33.2 Å². The average Bonchev–Trinajstić information content (AvgIpc) is 2.65. The largest absolute Gasteiger partial charge is 0.378 e. The number of methoxy groups -OCH3 is 1. The number of amides is 1. The van der Waals surface area contributed by atoms with Crippen LogP contribution in [0.3, 0.4) is 0 Å². The molecule has 1 amide bonds. The molecule has 0 heterocycles. The van der Waals surface area contributed by atoms with Gasteiger partial charge < -0.3 is 20.3 Å². The third-order valence-corrected chi connectivity index (χ3v) is 6.10. The first-order valence-corrected chi connectivity index (χ1v) is 9.47.